The molecule has 0 heterocycles. The molecule has 0 spiro atoms. The number of anilines is 1. The van der Waals surface area contributed by atoms with E-state index in [1.54, 1.807) is 32.3 Å². The monoisotopic (exact) mass is 634 g/mol. The third-order valence-electron chi connectivity index (χ3n) is 7.62. The number of allylic oxidation sites excluding steroid dienone is 1. The van der Waals surface area contributed by atoms with Crippen molar-refractivity contribution < 1.29 is 38.9 Å². The van der Waals surface area contributed by atoms with Crippen LogP contribution in [0.5, 0.6) is 0 Å². The molecule has 0 unspecified atom stereocenters. The zero-order valence-corrected chi connectivity index (χ0v) is 26.2. The number of aliphatic carboxylic acids is 2. The van der Waals surface area contributed by atoms with Crippen LogP contribution in [0.2, 0.25) is 0 Å². The van der Waals surface area contributed by atoms with Gasteiger partial charge in [-0.3, -0.25) is 24.0 Å². The van der Waals surface area contributed by atoms with Gasteiger partial charge in [-0.25, -0.2) is 0 Å². The van der Waals surface area contributed by atoms with Crippen molar-refractivity contribution in [2.75, 3.05) is 26.0 Å². The van der Waals surface area contributed by atoms with E-state index in [-0.39, 0.29) is 16.8 Å². The van der Waals surface area contributed by atoms with Crippen LogP contribution in [0.4, 0.5) is 5.69 Å². The second-order valence-electron chi connectivity index (χ2n) is 11.2. The number of benzene rings is 4. The van der Waals surface area contributed by atoms with Gasteiger partial charge in [0.05, 0.1) is 17.7 Å². The molecular formula is C37H34N2O8. The molecule has 47 heavy (non-hydrogen) atoms. The number of carboxylic acids is 2. The summed E-state index contributed by atoms with van der Waals surface area (Å²) < 4.78 is 5.19. The molecule has 3 N–H and O–H groups in total. The Hall–Kier alpha value is -6.03. The maximum absolute atomic E-state index is 13.6. The topological polar surface area (TPSA) is 150 Å². The minimum atomic E-state index is -2.51. The van der Waals surface area contributed by atoms with Crippen molar-refractivity contribution >= 4 is 41.0 Å². The highest BCUT2D eigenvalue weighted by atomic mass is 16.5. The predicted octanol–water partition coefficient (Wildman–Crippen LogP) is 5.53. The molecule has 2 amide bonds. The molecule has 0 aliphatic carbocycles. The minimum Gasteiger partial charge on any atom is -0.480 e. The fourth-order valence-electron chi connectivity index (χ4n) is 4.96. The van der Waals surface area contributed by atoms with Crippen LogP contribution >= 0.6 is 0 Å². The van der Waals surface area contributed by atoms with Crippen LogP contribution in [0, 0.1) is 0 Å². The van der Waals surface area contributed by atoms with Gasteiger partial charge in [-0.05, 0) is 52.9 Å². The van der Waals surface area contributed by atoms with E-state index in [0.29, 0.717) is 16.7 Å². The van der Waals surface area contributed by atoms with Crippen molar-refractivity contribution in [3.63, 3.8) is 0 Å². The van der Waals surface area contributed by atoms with E-state index < -0.39 is 48.2 Å². The first kappa shape index (κ1) is 33.9. The molecule has 4 aromatic rings. The lowest BCUT2D eigenvalue weighted by Crippen LogP contribution is -2.48. The fourth-order valence-corrected chi connectivity index (χ4v) is 4.96. The van der Waals surface area contributed by atoms with Crippen LogP contribution in [-0.4, -0.2) is 65.5 Å². The van der Waals surface area contributed by atoms with Gasteiger partial charge in [-0.1, -0.05) is 91.0 Å². The lowest BCUT2D eigenvalue weighted by atomic mass is 9.81. The molecular weight excluding hydrogens is 600 g/mol. The number of nitrogens with one attached hydrogen (secondary N) is 1. The standard InChI is InChI=1S/C37H34N2O8/c1-23(2)25-15-17-26(18-16-25)28-12-8-9-13-29(28)33(41)38-31-19-14-24(20-30(31)34(42)39(3)4)21-32(40)47-22-37(35(43)44,36(45)46)27-10-6-5-7-11-27/h5-20H,1,21-22H2,2-4H3,(H,38,41)(H,43,44)(H,45,46). The van der Waals surface area contributed by atoms with E-state index in [2.05, 4.69) is 11.9 Å². The Morgan fingerprint density at radius 3 is 2.02 bits per heavy atom. The lowest BCUT2D eigenvalue weighted by molar-refractivity contribution is -0.163. The van der Waals surface area contributed by atoms with E-state index in [1.807, 2.05) is 43.3 Å². The maximum atomic E-state index is 13.6. The van der Waals surface area contributed by atoms with Crippen molar-refractivity contribution in [2.24, 2.45) is 0 Å². The van der Waals surface area contributed by atoms with Crippen LogP contribution < -0.4 is 5.32 Å². The van der Waals surface area contributed by atoms with Gasteiger partial charge in [-0.2, -0.15) is 0 Å². The summed E-state index contributed by atoms with van der Waals surface area (Å²) in [5.74, 6) is -5.18. The molecule has 0 radical (unpaired) electrons. The first-order valence-electron chi connectivity index (χ1n) is 14.5. The van der Waals surface area contributed by atoms with E-state index in [4.69, 9.17) is 4.74 Å². The third kappa shape index (κ3) is 7.45. The number of hydrogen-bond donors (Lipinski definition) is 3. The molecule has 240 valence electrons. The number of ether oxygens (including phenoxy) is 1. The Bertz CT molecular complexity index is 1830. The number of amides is 2. The molecule has 0 saturated heterocycles. The highest BCUT2D eigenvalue weighted by Crippen LogP contribution is 2.29. The Kier molecular flexibility index (Phi) is 10.4. The van der Waals surface area contributed by atoms with Gasteiger partial charge in [0.2, 0.25) is 5.41 Å². The number of nitrogens with zero attached hydrogens (tertiary/aromatic N) is 1. The lowest BCUT2D eigenvalue weighted by Gasteiger charge is -2.25. The molecule has 4 aromatic carbocycles. The van der Waals surface area contributed by atoms with Crippen molar-refractivity contribution in [1.82, 2.24) is 4.90 Å². The summed E-state index contributed by atoms with van der Waals surface area (Å²) >= 11 is 0. The highest BCUT2D eigenvalue weighted by molar-refractivity contribution is 6.12. The zero-order chi connectivity index (χ0) is 34.3. The van der Waals surface area contributed by atoms with Crippen molar-refractivity contribution in [3.05, 3.63) is 131 Å². The van der Waals surface area contributed by atoms with Crippen LogP contribution in [-0.2, 0) is 31.0 Å². The van der Waals surface area contributed by atoms with Crippen molar-refractivity contribution in [1.29, 1.82) is 0 Å². The molecule has 4 rings (SSSR count). The summed E-state index contributed by atoms with van der Waals surface area (Å²) in [6.45, 7) is 4.91. The second-order valence-corrected chi connectivity index (χ2v) is 11.2. The van der Waals surface area contributed by atoms with Crippen LogP contribution in [0.1, 0.15) is 44.3 Å². The van der Waals surface area contributed by atoms with Gasteiger partial charge >= 0.3 is 17.9 Å². The Morgan fingerprint density at radius 2 is 1.43 bits per heavy atom. The Labute approximate surface area is 271 Å². The third-order valence-corrected chi connectivity index (χ3v) is 7.62. The van der Waals surface area contributed by atoms with Crippen molar-refractivity contribution in [2.45, 2.75) is 18.8 Å². The molecule has 0 bridgehead atoms. The average Bonchev–Trinajstić information content (AvgIpc) is 3.05. The van der Waals surface area contributed by atoms with Gasteiger partial charge in [0, 0.05) is 19.7 Å². The highest BCUT2D eigenvalue weighted by Gasteiger charge is 2.50. The molecule has 0 aromatic heterocycles. The average molecular weight is 635 g/mol. The van der Waals surface area contributed by atoms with Crippen molar-refractivity contribution in [3.8, 4) is 11.1 Å². The molecule has 0 saturated carbocycles. The van der Waals surface area contributed by atoms with E-state index in [0.717, 1.165) is 16.7 Å². The summed E-state index contributed by atoms with van der Waals surface area (Å²) in [5.41, 5.74) is 1.84. The van der Waals surface area contributed by atoms with Gasteiger partial charge in [0.15, 0.2) is 0 Å². The summed E-state index contributed by atoms with van der Waals surface area (Å²) in [4.78, 5) is 65.2. The molecule has 0 aliphatic heterocycles. The first-order chi connectivity index (χ1) is 22.3. The molecule has 0 fully saturated rings. The quantitative estimate of drug-likeness (QED) is 0.136. The normalized spacial score (nSPS) is 10.9. The fraction of sp³-hybridized carbons (Fsp3) is 0.162. The van der Waals surface area contributed by atoms with Gasteiger partial charge < -0.3 is 25.2 Å². The number of carboxylic acid groups (broad SMARTS) is 2. The molecule has 10 nitrogen and oxygen atoms in total. The summed E-state index contributed by atoms with van der Waals surface area (Å²) in [5, 5.41) is 22.5. The van der Waals surface area contributed by atoms with E-state index >= 15 is 0 Å². The number of esters is 1. The number of carbonyl (C=O) groups excluding carboxylic acids is 3. The number of rotatable bonds is 12. The first-order valence-corrected chi connectivity index (χ1v) is 14.5. The van der Waals surface area contributed by atoms with Gasteiger partial charge in [-0.15, -0.1) is 0 Å². The molecule has 10 heteroatoms. The maximum Gasteiger partial charge on any atom is 0.329 e. The zero-order valence-electron chi connectivity index (χ0n) is 26.2. The molecule has 0 atom stereocenters. The minimum absolute atomic E-state index is 0.0581. The second kappa shape index (κ2) is 14.4. The summed E-state index contributed by atoms with van der Waals surface area (Å²) in [6, 6.07) is 26.4. The SMILES string of the molecule is C=C(C)c1ccc(-c2ccccc2C(=O)Nc2ccc(CC(=O)OCC(C(=O)O)(C(=O)O)c3ccccc3)cc2C(=O)N(C)C)cc1. The number of hydrogen-bond acceptors (Lipinski definition) is 6. The summed E-state index contributed by atoms with van der Waals surface area (Å²) in [6.07, 6.45) is -0.394. The van der Waals surface area contributed by atoms with E-state index in [9.17, 15) is 34.2 Å². The van der Waals surface area contributed by atoms with Gasteiger partial charge in [0.25, 0.3) is 11.8 Å². The summed E-state index contributed by atoms with van der Waals surface area (Å²) in [7, 11) is 3.08. The van der Waals surface area contributed by atoms with Gasteiger partial charge in [0.1, 0.15) is 6.61 Å². The predicted molar refractivity (Wildman–Crippen MR) is 177 cm³/mol. The molecule has 0 aliphatic rings. The Balaban J connectivity index is 1.57. The smallest absolute Gasteiger partial charge is 0.329 e. The van der Waals surface area contributed by atoms with E-state index in [1.165, 1.54) is 47.4 Å². The van der Waals surface area contributed by atoms with Crippen LogP contribution in [0.15, 0.2) is 104 Å². The Morgan fingerprint density at radius 1 is 0.809 bits per heavy atom. The largest absolute Gasteiger partial charge is 0.480 e. The van der Waals surface area contributed by atoms with Crippen LogP contribution in [0.25, 0.3) is 16.7 Å². The number of carbonyl (C=O) groups is 5. The van der Waals surface area contributed by atoms with Crippen LogP contribution in [0.3, 0.4) is 0 Å².